The Morgan fingerprint density at radius 3 is 2.22 bits per heavy atom. The maximum Gasteiger partial charge on any atom is 0.415 e. The lowest BCUT2D eigenvalue weighted by atomic mass is 10.1. The molecule has 3 aromatic carbocycles. The molecule has 12 heteroatoms. The van der Waals surface area contributed by atoms with Crippen molar-refractivity contribution in [2.45, 2.75) is 25.9 Å². The van der Waals surface area contributed by atoms with Crippen LogP contribution in [0.5, 0.6) is 17.2 Å². The predicted molar refractivity (Wildman–Crippen MR) is 149 cm³/mol. The molecule has 1 unspecified atom stereocenters. The Bertz CT molecular complexity index is 1290. The first-order valence-electron chi connectivity index (χ1n) is 12.7. The van der Waals surface area contributed by atoms with Gasteiger partial charge in [0.1, 0.15) is 23.9 Å². The Balaban J connectivity index is 1.58. The minimum Gasteiger partial charge on any atom is -0.493 e. The van der Waals surface area contributed by atoms with Gasteiger partial charge in [-0.1, -0.05) is 35.3 Å². The highest BCUT2D eigenvalue weighted by atomic mass is 35.5. The maximum absolute atomic E-state index is 14.1. The molecule has 0 aliphatic rings. The van der Waals surface area contributed by atoms with E-state index in [1.165, 1.54) is 4.90 Å². The number of hydrogen-bond donors (Lipinski definition) is 1. The average molecular weight is 612 g/mol. The number of carboxylic acids is 1. The number of rotatable bonds is 15. The van der Waals surface area contributed by atoms with E-state index < -0.39 is 35.6 Å². The van der Waals surface area contributed by atoms with Crippen molar-refractivity contribution in [3.63, 3.8) is 0 Å². The lowest BCUT2D eigenvalue weighted by Gasteiger charge is -2.22. The topological polar surface area (TPSA) is 94.5 Å². The molecule has 0 radical (unpaired) electrons. The van der Waals surface area contributed by atoms with E-state index in [-0.39, 0.29) is 39.3 Å². The molecule has 1 amide bonds. The quantitative estimate of drug-likeness (QED) is 0.192. The molecule has 0 spiro atoms. The fraction of sp³-hybridized carbons (Fsp3) is 0.310. The van der Waals surface area contributed by atoms with Crippen LogP contribution in [0.4, 0.5) is 13.6 Å². The van der Waals surface area contributed by atoms with Crippen molar-refractivity contribution in [1.82, 2.24) is 4.90 Å². The second kappa shape index (κ2) is 16.0. The zero-order chi connectivity index (χ0) is 29.8. The number of amides is 1. The van der Waals surface area contributed by atoms with Gasteiger partial charge in [0, 0.05) is 35.7 Å². The molecule has 3 aromatic rings. The lowest BCUT2D eigenvalue weighted by molar-refractivity contribution is -0.149. The molecule has 0 aromatic heterocycles. The molecule has 0 saturated carbocycles. The molecule has 0 fully saturated rings. The van der Waals surface area contributed by atoms with Crippen molar-refractivity contribution >= 4 is 35.3 Å². The number of carbonyl (C=O) groups excluding carboxylic acids is 1. The highest BCUT2D eigenvalue weighted by Crippen LogP contribution is 2.24. The van der Waals surface area contributed by atoms with E-state index in [0.717, 1.165) is 17.7 Å². The van der Waals surface area contributed by atoms with Crippen LogP contribution in [-0.4, -0.2) is 61.1 Å². The molecular weight excluding hydrogens is 583 g/mol. The predicted octanol–water partition coefficient (Wildman–Crippen LogP) is 6.65. The van der Waals surface area contributed by atoms with Gasteiger partial charge < -0.3 is 29.0 Å². The van der Waals surface area contributed by atoms with Gasteiger partial charge in [-0.25, -0.2) is 18.4 Å². The summed E-state index contributed by atoms with van der Waals surface area (Å²) < 4.78 is 49.1. The van der Waals surface area contributed by atoms with Crippen molar-refractivity contribution in [3.05, 3.63) is 87.9 Å². The molecule has 8 nitrogen and oxygen atoms in total. The average Bonchev–Trinajstić information content (AvgIpc) is 2.91. The van der Waals surface area contributed by atoms with Crippen molar-refractivity contribution in [2.24, 2.45) is 0 Å². The number of ether oxygens (including phenoxy) is 4. The standard InChI is InChI=1S/C29H29Cl2F2NO7/c1-2-38-27(28(35)36)14-19-4-7-23(8-5-19)40-13-11-34(29(37)41-26-9-6-22(32)18-25(26)33)10-3-12-39-24-16-20(30)15-21(31)17-24/h4-9,15-18,27H,2-3,10-14H2,1H3,(H,35,36). The summed E-state index contributed by atoms with van der Waals surface area (Å²) in [5.74, 6) is -2.29. The lowest BCUT2D eigenvalue weighted by Crippen LogP contribution is -2.38. The van der Waals surface area contributed by atoms with Crippen LogP contribution in [0.1, 0.15) is 18.9 Å². The van der Waals surface area contributed by atoms with Gasteiger partial charge in [0.2, 0.25) is 0 Å². The fourth-order valence-corrected chi connectivity index (χ4v) is 4.20. The van der Waals surface area contributed by atoms with Crippen LogP contribution in [0.15, 0.2) is 60.7 Å². The van der Waals surface area contributed by atoms with Gasteiger partial charge in [-0.15, -0.1) is 0 Å². The van der Waals surface area contributed by atoms with Gasteiger partial charge in [0.25, 0.3) is 0 Å². The third kappa shape index (κ3) is 10.7. The summed E-state index contributed by atoms with van der Waals surface area (Å²) in [5.41, 5.74) is 0.755. The first-order chi connectivity index (χ1) is 19.6. The van der Waals surface area contributed by atoms with Crippen LogP contribution in [0.25, 0.3) is 0 Å². The number of benzene rings is 3. The van der Waals surface area contributed by atoms with Gasteiger partial charge in [-0.05, 0) is 61.4 Å². The molecular formula is C29H29Cl2F2NO7. The summed E-state index contributed by atoms with van der Waals surface area (Å²) in [4.78, 5) is 25.5. The van der Waals surface area contributed by atoms with E-state index in [4.69, 9.17) is 42.1 Å². The van der Waals surface area contributed by atoms with E-state index in [1.54, 1.807) is 49.4 Å². The normalized spacial score (nSPS) is 11.5. The summed E-state index contributed by atoms with van der Waals surface area (Å²) in [7, 11) is 0. The number of halogens is 4. The molecule has 0 heterocycles. The van der Waals surface area contributed by atoms with Crippen molar-refractivity contribution in [3.8, 4) is 17.2 Å². The van der Waals surface area contributed by atoms with Crippen LogP contribution in [0, 0.1) is 11.6 Å². The molecule has 1 N–H and O–H groups in total. The Kier molecular flexibility index (Phi) is 12.5. The summed E-state index contributed by atoms with van der Waals surface area (Å²) in [6.07, 6.45) is -1.22. The number of aliphatic carboxylic acids is 1. The molecule has 220 valence electrons. The molecule has 0 bridgehead atoms. The van der Waals surface area contributed by atoms with E-state index in [2.05, 4.69) is 0 Å². The van der Waals surface area contributed by atoms with Gasteiger partial charge >= 0.3 is 12.1 Å². The Morgan fingerprint density at radius 1 is 0.902 bits per heavy atom. The van der Waals surface area contributed by atoms with E-state index in [0.29, 0.717) is 34.0 Å². The zero-order valence-corrected chi connectivity index (χ0v) is 23.7. The van der Waals surface area contributed by atoms with Crippen molar-refractivity contribution < 1.29 is 42.4 Å². The van der Waals surface area contributed by atoms with Crippen molar-refractivity contribution in [2.75, 3.05) is 32.9 Å². The monoisotopic (exact) mass is 611 g/mol. The Hall–Kier alpha value is -3.60. The SMILES string of the molecule is CCOC(Cc1ccc(OCCN(CCCOc2cc(Cl)cc(Cl)c2)C(=O)Oc2ccc(F)cc2F)cc1)C(=O)O. The second-order valence-corrected chi connectivity index (χ2v) is 9.59. The van der Waals surface area contributed by atoms with E-state index in [9.17, 15) is 23.5 Å². The minimum atomic E-state index is -1.04. The van der Waals surface area contributed by atoms with Gasteiger partial charge in [-0.3, -0.25) is 0 Å². The highest BCUT2D eigenvalue weighted by molar-refractivity contribution is 6.34. The first-order valence-corrected chi connectivity index (χ1v) is 13.5. The van der Waals surface area contributed by atoms with Crippen molar-refractivity contribution in [1.29, 1.82) is 0 Å². The van der Waals surface area contributed by atoms with Crippen LogP contribution in [-0.2, 0) is 16.0 Å². The third-order valence-corrected chi connectivity index (χ3v) is 6.08. The number of carboxylic acid groups (broad SMARTS) is 1. The largest absolute Gasteiger partial charge is 0.493 e. The fourth-order valence-electron chi connectivity index (χ4n) is 3.70. The van der Waals surface area contributed by atoms with Crippen LogP contribution in [0.3, 0.4) is 0 Å². The third-order valence-electron chi connectivity index (χ3n) is 5.64. The van der Waals surface area contributed by atoms with Gasteiger partial charge in [0.05, 0.1) is 13.2 Å². The molecule has 0 saturated heterocycles. The smallest absolute Gasteiger partial charge is 0.415 e. The van der Waals surface area contributed by atoms with E-state index >= 15 is 0 Å². The van der Waals surface area contributed by atoms with Crippen LogP contribution < -0.4 is 14.2 Å². The van der Waals surface area contributed by atoms with Crippen LogP contribution >= 0.6 is 23.2 Å². The Morgan fingerprint density at radius 2 is 1.59 bits per heavy atom. The molecule has 41 heavy (non-hydrogen) atoms. The second-order valence-electron chi connectivity index (χ2n) is 8.72. The molecule has 0 aliphatic heterocycles. The number of hydrogen-bond acceptors (Lipinski definition) is 6. The molecule has 0 aliphatic carbocycles. The summed E-state index contributed by atoms with van der Waals surface area (Å²) in [6, 6.07) is 14.2. The Labute approximate surface area is 246 Å². The summed E-state index contributed by atoms with van der Waals surface area (Å²) in [5, 5.41) is 10.1. The highest BCUT2D eigenvalue weighted by Gasteiger charge is 2.19. The minimum absolute atomic E-state index is 0.0712. The number of nitrogens with zero attached hydrogens (tertiary/aromatic N) is 1. The maximum atomic E-state index is 14.1. The van der Waals surface area contributed by atoms with Gasteiger partial charge in [0.15, 0.2) is 17.7 Å². The molecule has 1 atom stereocenters. The summed E-state index contributed by atoms with van der Waals surface area (Å²) >= 11 is 12.0. The zero-order valence-electron chi connectivity index (χ0n) is 22.2. The van der Waals surface area contributed by atoms with Gasteiger partial charge in [-0.2, -0.15) is 0 Å². The van der Waals surface area contributed by atoms with E-state index in [1.807, 2.05) is 0 Å². The first kappa shape index (κ1) is 31.9. The van der Waals surface area contributed by atoms with Crippen LogP contribution in [0.2, 0.25) is 10.0 Å². The summed E-state index contributed by atoms with van der Waals surface area (Å²) in [6.45, 7) is 2.55. The molecule has 3 rings (SSSR count). The number of carbonyl (C=O) groups is 2.